The molecule has 40 heavy (non-hydrogen) atoms. The van der Waals surface area contributed by atoms with Gasteiger partial charge in [-0.05, 0) is 60.2 Å². The molecule has 1 aromatic carbocycles. The minimum absolute atomic E-state index is 0.0592. The van der Waals surface area contributed by atoms with Gasteiger partial charge in [-0.3, -0.25) is 29.6 Å². The minimum atomic E-state index is -0.352. The van der Waals surface area contributed by atoms with E-state index in [1.807, 2.05) is 30.6 Å². The van der Waals surface area contributed by atoms with Gasteiger partial charge in [0.1, 0.15) is 5.69 Å². The molecule has 2 aliphatic rings. The maximum atomic E-state index is 13.2. The molecule has 0 bridgehead atoms. The van der Waals surface area contributed by atoms with Crippen molar-refractivity contribution in [3.8, 4) is 11.1 Å². The van der Waals surface area contributed by atoms with Gasteiger partial charge in [0.15, 0.2) is 11.5 Å². The molecule has 2 fully saturated rings. The summed E-state index contributed by atoms with van der Waals surface area (Å²) in [6.45, 7) is 2.54. The molecule has 0 radical (unpaired) electrons. The topological polar surface area (TPSA) is 124 Å². The van der Waals surface area contributed by atoms with Crippen molar-refractivity contribution in [2.45, 2.75) is 57.6 Å². The number of aliphatic hydroxyl groups excluding tert-OH is 1. The highest BCUT2D eigenvalue weighted by Gasteiger charge is 2.21. The Balaban J connectivity index is 1.15. The van der Waals surface area contributed by atoms with Gasteiger partial charge >= 0.3 is 0 Å². The number of benzene rings is 1. The molecule has 6 rings (SSSR count). The second-order valence-electron chi connectivity index (χ2n) is 11.1. The molecule has 9 nitrogen and oxygen atoms in total. The molecule has 3 N–H and O–H groups in total. The van der Waals surface area contributed by atoms with Crippen molar-refractivity contribution >= 4 is 28.3 Å². The number of aromatic nitrogens is 4. The van der Waals surface area contributed by atoms with Gasteiger partial charge in [0.05, 0.1) is 23.5 Å². The zero-order valence-electron chi connectivity index (χ0n) is 22.5. The summed E-state index contributed by atoms with van der Waals surface area (Å²) in [4.78, 5) is 36.8. The van der Waals surface area contributed by atoms with Crippen LogP contribution in [-0.4, -0.2) is 61.1 Å². The molecule has 4 heterocycles. The van der Waals surface area contributed by atoms with E-state index in [0.29, 0.717) is 29.1 Å². The second kappa shape index (κ2) is 11.7. The predicted octanol–water partition coefficient (Wildman–Crippen LogP) is 4.99. The van der Waals surface area contributed by atoms with E-state index in [1.165, 1.54) is 19.0 Å². The first-order valence-corrected chi connectivity index (χ1v) is 14.2. The Morgan fingerprint density at radius 3 is 2.58 bits per heavy atom. The van der Waals surface area contributed by atoms with Crippen LogP contribution in [0.15, 0.2) is 55.0 Å². The van der Waals surface area contributed by atoms with Crippen molar-refractivity contribution in [2.75, 3.05) is 18.4 Å². The van der Waals surface area contributed by atoms with Gasteiger partial charge in [0.25, 0.3) is 5.91 Å². The molecule has 206 valence electrons. The van der Waals surface area contributed by atoms with Crippen LogP contribution in [0, 0.1) is 5.92 Å². The molecular weight excluding hydrogens is 504 g/mol. The third-order valence-electron chi connectivity index (χ3n) is 8.13. The third kappa shape index (κ3) is 5.95. The van der Waals surface area contributed by atoms with Gasteiger partial charge in [0, 0.05) is 49.4 Å². The normalized spacial score (nSPS) is 16.9. The van der Waals surface area contributed by atoms with Crippen LogP contribution < -0.4 is 5.32 Å². The number of rotatable bonds is 8. The number of pyridine rings is 2. The number of aromatic amines is 1. The molecule has 1 saturated heterocycles. The first-order chi connectivity index (χ1) is 19.5. The summed E-state index contributed by atoms with van der Waals surface area (Å²) < 4.78 is 0. The average molecular weight is 539 g/mol. The lowest BCUT2D eigenvalue weighted by molar-refractivity contribution is 0.0792. The van der Waals surface area contributed by atoms with E-state index in [9.17, 15) is 14.7 Å². The van der Waals surface area contributed by atoms with Crippen LogP contribution in [0.2, 0.25) is 0 Å². The molecule has 0 spiro atoms. The van der Waals surface area contributed by atoms with Crippen LogP contribution in [0.3, 0.4) is 0 Å². The highest BCUT2D eigenvalue weighted by atomic mass is 16.3. The molecule has 1 aliphatic heterocycles. The van der Waals surface area contributed by atoms with Crippen molar-refractivity contribution in [1.29, 1.82) is 0 Å². The summed E-state index contributed by atoms with van der Waals surface area (Å²) in [5, 5.41) is 20.6. The zero-order valence-corrected chi connectivity index (χ0v) is 22.5. The number of hydrogen-bond donors (Lipinski definition) is 3. The summed E-state index contributed by atoms with van der Waals surface area (Å²) in [6, 6.07) is 11.4. The smallest absolute Gasteiger partial charge is 0.276 e. The van der Waals surface area contributed by atoms with E-state index in [-0.39, 0.29) is 23.5 Å². The fourth-order valence-electron chi connectivity index (χ4n) is 5.84. The number of nitrogens with zero attached hydrogens (tertiary/aromatic N) is 4. The fraction of sp³-hybridized carbons (Fsp3) is 0.387. The Kier molecular flexibility index (Phi) is 7.66. The van der Waals surface area contributed by atoms with E-state index in [2.05, 4.69) is 36.4 Å². The molecule has 1 saturated carbocycles. The van der Waals surface area contributed by atoms with Gasteiger partial charge in [-0.2, -0.15) is 5.10 Å². The Morgan fingerprint density at radius 2 is 1.80 bits per heavy atom. The zero-order chi connectivity index (χ0) is 27.5. The quantitative estimate of drug-likeness (QED) is 0.270. The largest absolute Gasteiger partial charge is 0.393 e. The number of piperidine rings is 1. The van der Waals surface area contributed by atoms with E-state index in [0.717, 1.165) is 67.5 Å². The van der Waals surface area contributed by atoms with Crippen molar-refractivity contribution in [3.05, 3.63) is 71.9 Å². The van der Waals surface area contributed by atoms with Crippen LogP contribution in [-0.2, 0) is 6.54 Å². The standard InChI is InChI=1S/C31H34N6O3/c38-25-9-11-37(12-10-25)19-21-13-23(17-32-16-21)22-5-7-27-26(15-22)30(36-35-27)31(40)34-24-6-8-28(33-18-24)29(39)14-20-3-1-2-4-20/h5-8,13,15-18,20,25,38H,1-4,9-12,14,19H2,(H,34,40)(H,35,36). The molecule has 1 aliphatic carbocycles. The molecule has 4 aromatic rings. The van der Waals surface area contributed by atoms with E-state index in [4.69, 9.17) is 0 Å². The number of hydrogen-bond acceptors (Lipinski definition) is 7. The number of Topliss-reactive ketones (excluding diaryl/α,β-unsaturated/α-hetero) is 1. The molecule has 0 atom stereocenters. The van der Waals surface area contributed by atoms with Gasteiger partial charge in [-0.25, -0.2) is 0 Å². The number of carbonyl (C=O) groups excluding carboxylic acids is 2. The maximum Gasteiger partial charge on any atom is 0.276 e. The molecule has 9 heteroatoms. The lowest BCUT2D eigenvalue weighted by Gasteiger charge is -2.29. The number of likely N-dealkylation sites (tertiary alicyclic amines) is 1. The summed E-state index contributed by atoms with van der Waals surface area (Å²) >= 11 is 0. The van der Waals surface area contributed by atoms with E-state index >= 15 is 0 Å². The summed E-state index contributed by atoms with van der Waals surface area (Å²) in [5.74, 6) is 0.174. The molecular formula is C31H34N6O3. The maximum absolute atomic E-state index is 13.2. The number of fused-ring (bicyclic) bond motifs is 1. The van der Waals surface area contributed by atoms with Gasteiger partial charge in [-0.1, -0.05) is 31.7 Å². The number of aliphatic hydroxyl groups is 1. The van der Waals surface area contributed by atoms with Gasteiger partial charge in [0.2, 0.25) is 0 Å². The molecule has 1 amide bonds. The molecule has 0 unspecified atom stereocenters. The monoisotopic (exact) mass is 538 g/mol. The first-order valence-electron chi connectivity index (χ1n) is 14.2. The van der Waals surface area contributed by atoms with Crippen LogP contribution in [0.5, 0.6) is 0 Å². The molecule has 3 aromatic heterocycles. The highest BCUT2D eigenvalue weighted by molar-refractivity contribution is 6.11. The van der Waals surface area contributed by atoms with Crippen LogP contribution in [0.4, 0.5) is 5.69 Å². The number of H-pyrrole nitrogens is 1. The highest BCUT2D eigenvalue weighted by Crippen LogP contribution is 2.29. The van der Waals surface area contributed by atoms with Gasteiger partial charge < -0.3 is 10.4 Å². The SMILES string of the molecule is O=C(CC1CCCC1)c1ccc(NC(=O)c2n[nH]c3ccc(-c4cncc(CN5CCC(O)CC5)c4)cc23)cn1. The number of anilines is 1. The third-order valence-corrected chi connectivity index (χ3v) is 8.13. The number of nitrogens with one attached hydrogen (secondary N) is 2. The minimum Gasteiger partial charge on any atom is -0.393 e. The van der Waals surface area contributed by atoms with E-state index in [1.54, 1.807) is 12.1 Å². The van der Waals surface area contributed by atoms with Crippen molar-refractivity contribution in [2.24, 2.45) is 5.92 Å². The average Bonchev–Trinajstić information content (AvgIpc) is 3.64. The van der Waals surface area contributed by atoms with Crippen molar-refractivity contribution < 1.29 is 14.7 Å². The number of ketones is 1. The Bertz CT molecular complexity index is 1500. The van der Waals surface area contributed by atoms with Crippen molar-refractivity contribution in [1.82, 2.24) is 25.1 Å². The van der Waals surface area contributed by atoms with Crippen molar-refractivity contribution in [3.63, 3.8) is 0 Å². The van der Waals surface area contributed by atoms with Gasteiger partial charge in [-0.15, -0.1) is 0 Å². The summed E-state index contributed by atoms with van der Waals surface area (Å²) in [6.07, 6.45) is 11.8. The van der Waals surface area contributed by atoms with Crippen LogP contribution >= 0.6 is 0 Å². The number of carbonyl (C=O) groups is 2. The lowest BCUT2D eigenvalue weighted by atomic mass is 9.99. The fourth-order valence-corrected chi connectivity index (χ4v) is 5.84. The lowest BCUT2D eigenvalue weighted by Crippen LogP contribution is -2.35. The van der Waals surface area contributed by atoms with Crippen LogP contribution in [0.1, 0.15) is 71.5 Å². The van der Waals surface area contributed by atoms with E-state index < -0.39 is 0 Å². The predicted molar refractivity (Wildman–Crippen MR) is 153 cm³/mol. The Labute approximate surface area is 233 Å². The van der Waals surface area contributed by atoms with Crippen LogP contribution in [0.25, 0.3) is 22.0 Å². The second-order valence-corrected chi connectivity index (χ2v) is 11.1. The Morgan fingerprint density at radius 1 is 0.975 bits per heavy atom. The number of amides is 1. The summed E-state index contributed by atoms with van der Waals surface area (Å²) in [7, 11) is 0. The first kappa shape index (κ1) is 26.3. The summed E-state index contributed by atoms with van der Waals surface area (Å²) in [5.41, 5.74) is 5.01. The Hall–Kier alpha value is -3.95.